The van der Waals surface area contributed by atoms with Crippen LogP contribution in [0, 0.1) is 0 Å². The molecule has 0 radical (unpaired) electrons. The van der Waals surface area contributed by atoms with E-state index < -0.39 is 0 Å². The van der Waals surface area contributed by atoms with Gasteiger partial charge in [0.05, 0.1) is 5.52 Å². The van der Waals surface area contributed by atoms with Gasteiger partial charge >= 0.3 is 5.97 Å². The molecule has 0 amide bonds. The van der Waals surface area contributed by atoms with Gasteiger partial charge in [0, 0.05) is 11.6 Å². The van der Waals surface area contributed by atoms with Gasteiger partial charge in [0.2, 0.25) is 0 Å². The van der Waals surface area contributed by atoms with Crippen molar-refractivity contribution in [2.45, 2.75) is 13.3 Å². The summed E-state index contributed by atoms with van der Waals surface area (Å²) in [6, 6.07) is 6.02. The van der Waals surface area contributed by atoms with Gasteiger partial charge in [0.1, 0.15) is 24.5 Å². The van der Waals surface area contributed by atoms with Crippen LogP contribution in [0.25, 0.3) is 10.9 Å². The fraction of sp³-hybridized carbons (Fsp3) is 0.286. The first-order chi connectivity index (χ1) is 8.79. The number of hydrogen-bond donors (Lipinski definition) is 0. The predicted octanol–water partition coefficient (Wildman–Crippen LogP) is 2.35. The van der Waals surface area contributed by atoms with E-state index in [1.165, 1.54) is 11.8 Å². The van der Waals surface area contributed by atoms with E-state index in [1.54, 1.807) is 0 Å². The van der Waals surface area contributed by atoms with Crippen LogP contribution in [0.1, 0.15) is 22.8 Å². The molecule has 2 aromatic rings. The maximum atomic E-state index is 11.8. The van der Waals surface area contributed by atoms with Crippen molar-refractivity contribution in [3.63, 3.8) is 0 Å². The van der Waals surface area contributed by atoms with Crippen molar-refractivity contribution in [3.05, 3.63) is 35.5 Å². The van der Waals surface area contributed by atoms with Gasteiger partial charge in [-0.1, -0.05) is 13.0 Å². The molecule has 92 valence electrons. The highest BCUT2D eigenvalue weighted by molar-refractivity contribution is 6.00. The van der Waals surface area contributed by atoms with Crippen molar-refractivity contribution in [2.24, 2.45) is 0 Å². The van der Waals surface area contributed by atoms with Gasteiger partial charge in [-0.25, -0.2) is 4.79 Å². The summed E-state index contributed by atoms with van der Waals surface area (Å²) >= 11 is 0. The predicted molar refractivity (Wildman–Crippen MR) is 66.9 cm³/mol. The van der Waals surface area contributed by atoms with Crippen LogP contribution in [0.4, 0.5) is 0 Å². The molecule has 0 saturated heterocycles. The number of aryl methyl sites for hydroxylation is 1. The minimum Gasteiger partial charge on any atom is -0.488 e. The van der Waals surface area contributed by atoms with Crippen LogP contribution >= 0.6 is 0 Å². The number of ether oxygens (including phenoxy) is 2. The SMILES string of the molecule is CCc1ccc2ncc3c(c2c1)OCCOC3=O. The lowest BCUT2D eigenvalue weighted by atomic mass is 10.1. The summed E-state index contributed by atoms with van der Waals surface area (Å²) < 4.78 is 10.7. The van der Waals surface area contributed by atoms with Crippen molar-refractivity contribution in [3.8, 4) is 5.75 Å². The summed E-state index contributed by atoms with van der Waals surface area (Å²) in [6.07, 6.45) is 2.46. The Labute approximate surface area is 105 Å². The molecule has 0 unspecified atom stereocenters. The fourth-order valence-corrected chi connectivity index (χ4v) is 2.09. The number of rotatable bonds is 1. The van der Waals surface area contributed by atoms with Crippen LogP contribution in [0.5, 0.6) is 5.75 Å². The van der Waals surface area contributed by atoms with Crippen LogP contribution < -0.4 is 4.74 Å². The number of carbonyl (C=O) groups excluding carboxylic acids is 1. The summed E-state index contributed by atoms with van der Waals surface area (Å²) in [5, 5.41) is 0.880. The highest BCUT2D eigenvalue weighted by atomic mass is 16.6. The van der Waals surface area contributed by atoms with E-state index >= 15 is 0 Å². The third kappa shape index (κ3) is 1.70. The molecule has 1 aromatic carbocycles. The van der Waals surface area contributed by atoms with E-state index in [0.29, 0.717) is 17.9 Å². The molecule has 2 heterocycles. The van der Waals surface area contributed by atoms with Gasteiger partial charge < -0.3 is 9.47 Å². The van der Waals surface area contributed by atoms with Gasteiger partial charge in [-0.3, -0.25) is 4.98 Å². The van der Waals surface area contributed by atoms with E-state index in [2.05, 4.69) is 11.9 Å². The molecule has 1 aliphatic rings. The van der Waals surface area contributed by atoms with Crippen molar-refractivity contribution in [2.75, 3.05) is 13.2 Å². The first kappa shape index (κ1) is 11.0. The molecule has 0 spiro atoms. The largest absolute Gasteiger partial charge is 0.488 e. The molecule has 4 nitrogen and oxygen atoms in total. The minimum atomic E-state index is -0.362. The standard InChI is InChI=1S/C14H13NO3/c1-2-9-3-4-12-10(7-9)13-11(8-15-12)14(16)18-6-5-17-13/h3-4,7-8H,2,5-6H2,1H3. The molecule has 0 bridgehead atoms. The first-order valence-electron chi connectivity index (χ1n) is 6.01. The number of hydrogen-bond acceptors (Lipinski definition) is 4. The number of fused-ring (bicyclic) bond motifs is 3. The van der Waals surface area contributed by atoms with Gasteiger partial charge in [-0.2, -0.15) is 0 Å². The fourth-order valence-electron chi connectivity index (χ4n) is 2.09. The van der Waals surface area contributed by atoms with Crippen molar-refractivity contribution in [1.29, 1.82) is 0 Å². The second kappa shape index (κ2) is 4.29. The first-order valence-corrected chi connectivity index (χ1v) is 6.01. The van der Waals surface area contributed by atoms with Gasteiger partial charge in [-0.05, 0) is 24.1 Å². The molecule has 3 rings (SSSR count). The van der Waals surface area contributed by atoms with Crippen LogP contribution in [-0.2, 0) is 11.2 Å². The van der Waals surface area contributed by atoms with Gasteiger partial charge in [-0.15, -0.1) is 0 Å². The average Bonchev–Trinajstić information content (AvgIpc) is 2.60. The Morgan fingerprint density at radius 1 is 1.28 bits per heavy atom. The van der Waals surface area contributed by atoms with Gasteiger partial charge in [0.15, 0.2) is 0 Å². The lowest BCUT2D eigenvalue weighted by Gasteiger charge is -2.09. The van der Waals surface area contributed by atoms with Crippen LogP contribution in [0.2, 0.25) is 0 Å². The Morgan fingerprint density at radius 3 is 2.94 bits per heavy atom. The zero-order valence-corrected chi connectivity index (χ0v) is 10.1. The second-order valence-electron chi connectivity index (χ2n) is 4.19. The molecular formula is C14H13NO3. The van der Waals surface area contributed by atoms with E-state index in [1.807, 2.05) is 18.2 Å². The molecule has 1 aliphatic heterocycles. The number of benzene rings is 1. The summed E-state index contributed by atoms with van der Waals surface area (Å²) in [5.41, 5.74) is 2.44. The van der Waals surface area contributed by atoms with E-state index in [-0.39, 0.29) is 12.6 Å². The van der Waals surface area contributed by atoms with E-state index in [9.17, 15) is 4.79 Å². The number of esters is 1. The topological polar surface area (TPSA) is 48.4 Å². The average molecular weight is 243 g/mol. The molecule has 4 heteroatoms. The highest BCUT2D eigenvalue weighted by Gasteiger charge is 2.21. The molecule has 0 N–H and O–H groups in total. The third-order valence-corrected chi connectivity index (χ3v) is 3.07. The zero-order valence-electron chi connectivity index (χ0n) is 10.1. The van der Waals surface area contributed by atoms with Crippen molar-refractivity contribution >= 4 is 16.9 Å². The zero-order chi connectivity index (χ0) is 12.5. The maximum absolute atomic E-state index is 11.8. The van der Waals surface area contributed by atoms with Crippen molar-refractivity contribution in [1.82, 2.24) is 4.98 Å². The van der Waals surface area contributed by atoms with Gasteiger partial charge in [0.25, 0.3) is 0 Å². The Hall–Kier alpha value is -2.10. The van der Waals surface area contributed by atoms with Crippen molar-refractivity contribution < 1.29 is 14.3 Å². The molecular weight excluding hydrogens is 230 g/mol. The molecule has 1 aromatic heterocycles. The number of nitrogens with zero attached hydrogens (tertiary/aromatic N) is 1. The van der Waals surface area contributed by atoms with E-state index in [4.69, 9.17) is 9.47 Å². The Bertz CT molecular complexity index is 622. The summed E-state index contributed by atoms with van der Waals surface area (Å²) in [4.78, 5) is 16.0. The smallest absolute Gasteiger partial charge is 0.343 e. The Morgan fingerprint density at radius 2 is 2.11 bits per heavy atom. The number of aromatic nitrogens is 1. The number of cyclic esters (lactones) is 1. The quantitative estimate of drug-likeness (QED) is 0.721. The second-order valence-corrected chi connectivity index (χ2v) is 4.19. The van der Waals surface area contributed by atoms with Crippen LogP contribution in [0.3, 0.4) is 0 Å². The molecule has 0 fully saturated rings. The molecule has 0 aliphatic carbocycles. The lowest BCUT2D eigenvalue weighted by molar-refractivity contribution is 0.0492. The van der Waals surface area contributed by atoms with Crippen LogP contribution in [0.15, 0.2) is 24.4 Å². The van der Waals surface area contributed by atoms with E-state index in [0.717, 1.165) is 17.3 Å². The number of pyridine rings is 1. The molecule has 0 atom stereocenters. The highest BCUT2D eigenvalue weighted by Crippen LogP contribution is 2.31. The van der Waals surface area contributed by atoms with Crippen LogP contribution in [-0.4, -0.2) is 24.2 Å². The summed E-state index contributed by atoms with van der Waals surface area (Å²) in [7, 11) is 0. The normalized spacial score (nSPS) is 14.6. The number of carbonyl (C=O) groups is 1. The summed E-state index contributed by atoms with van der Waals surface area (Å²) in [5.74, 6) is 0.233. The lowest BCUT2D eigenvalue weighted by Crippen LogP contribution is -2.05. The Balaban J connectivity index is 2.28. The molecule has 18 heavy (non-hydrogen) atoms. The summed E-state index contributed by atoms with van der Waals surface area (Å²) in [6.45, 7) is 2.75. The Kier molecular flexibility index (Phi) is 2.63. The monoisotopic (exact) mass is 243 g/mol. The maximum Gasteiger partial charge on any atom is 0.343 e. The minimum absolute atomic E-state index is 0.280. The third-order valence-electron chi connectivity index (χ3n) is 3.07. The molecule has 0 saturated carbocycles.